The van der Waals surface area contributed by atoms with Gasteiger partial charge in [-0.1, -0.05) is 23.5 Å². The number of para-hydroxylation sites is 1. The minimum absolute atomic E-state index is 0.0277. The van der Waals surface area contributed by atoms with Crippen LogP contribution in [0.4, 0.5) is 10.1 Å². The molecular formula is C21H21N3O3S2. The molecule has 3 aromatic rings. The van der Waals surface area contributed by atoms with Crippen molar-refractivity contribution in [2.75, 3.05) is 23.4 Å². The van der Waals surface area contributed by atoms with E-state index in [9.17, 15) is 9.59 Å². The van der Waals surface area contributed by atoms with E-state index in [0.717, 1.165) is 42.5 Å². The fourth-order valence-electron chi connectivity index (χ4n) is 3.44. The Kier molecular flexibility index (Phi) is 5.07. The third kappa shape index (κ3) is 4.05. The van der Waals surface area contributed by atoms with Gasteiger partial charge in [0.25, 0.3) is 5.91 Å². The highest BCUT2D eigenvalue weighted by atomic mass is 32.1. The number of carbonyl (C=O) groups is 2. The number of aromatic nitrogens is 1. The molecule has 1 saturated heterocycles. The van der Waals surface area contributed by atoms with Gasteiger partial charge in [0.15, 0.2) is 5.13 Å². The number of hydrogen-bond donors (Lipinski definition) is 1. The van der Waals surface area contributed by atoms with Gasteiger partial charge >= 0.3 is 0 Å². The topological polar surface area (TPSA) is 71.5 Å². The Bertz CT molecular complexity index is 1020. The number of thiophene rings is 1. The lowest BCUT2D eigenvalue weighted by atomic mass is 10.2. The first kappa shape index (κ1) is 18.7. The molecule has 5 rings (SSSR count). The molecule has 6 nitrogen and oxygen atoms in total. The first-order valence-corrected chi connectivity index (χ1v) is 11.5. The van der Waals surface area contributed by atoms with Gasteiger partial charge in [-0.2, -0.15) is 0 Å². The number of ether oxygens (including phenoxy) is 1. The first-order valence-electron chi connectivity index (χ1n) is 9.87. The van der Waals surface area contributed by atoms with Crippen LogP contribution < -0.4 is 10.2 Å². The van der Waals surface area contributed by atoms with Gasteiger partial charge in [0, 0.05) is 12.5 Å². The minimum atomic E-state index is -0.100. The average Bonchev–Trinajstić information content (AvgIpc) is 3.10. The second-order valence-electron chi connectivity index (χ2n) is 7.44. The predicted octanol–water partition coefficient (Wildman–Crippen LogP) is 4.53. The van der Waals surface area contributed by atoms with E-state index in [1.165, 1.54) is 22.7 Å². The maximum atomic E-state index is 13.4. The Labute approximate surface area is 176 Å². The van der Waals surface area contributed by atoms with Crippen molar-refractivity contribution in [3.63, 3.8) is 0 Å². The summed E-state index contributed by atoms with van der Waals surface area (Å²) < 4.78 is 6.84. The van der Waals surface area contributed by atoms with Crippen LogP contribution in [0.5, 0.6) is 0 Å². The van der Waals surface area contributed by atoms with Crippen molar-refractivity contribution in [3.05, 3.63) is 41.3 Å². The Morgan fingerprint density at radius 3 is 2.76 bits per heavy atom. The molecule has 1 aromatic carbocycles. The largest absolute Gasteiger partial charge is 0.376 e. The van der Waals surface area contributed by atoms with Crippen LogP contribution in [0.3, 0.4) is 0 Å². The van der Waals surface area contributed by atoms with Crippen molar-refractivity contribution in [2.45, 2.75) is 31.8 Å². The number of nitrogens with zero attached hydrogens (tertiary/aromatic N) is 2. The molecule has 1 saturated carbocycles. The SMILES string of the molecule is O=C(Nc1ccc(C(=O)N(CC2CCCO2)c2nc3ccccc3s2)s1)C1CC1. The van der Waals surface area contributed by atoms with Crippen LogP contribution in [-0.2, 0) is 9.53 Å². The van der Waals surface area contributed by atoms with E-state index in [4.69, 9.17) is 9.72 Å². The Hall–Kier alpha value is -2.29. The van der Waals surface area contributed by atoms with E-state index < -0.39 is 0 Å². The number of amides is 2. The van der Waals surface area contributed by atoms with Crippen LogP contribution in [0.15, 0.2) is 36.4 Å². The Morgan fingerprint density at radius 1 is 1.14 bits per heavy atom. The lowest BCUT2D eigenvalue weighted by molar-refractivity contribution is -0.117. The summed E-state index contributed by atoms with van der Waals surface area (Å²) in [6, 6.07) is 11.5. The zero-order valence-electron chi connectivity index (χ0n) is 15.8. The van der Waals surface area contributed by atoms with Gasteiger partial charge in [0.05, 0.1) is 32.7 Å². The number of thiazole rings is 1. The fraction of sp³-hybridized carbons (Fsp3) is 0.381. The van der Waals surface area contributed by atoms with Crippen molar-refractivity contribution >= 4 is 54.8 Å². The summed E-state index contributed by atoms with van der Waals surface area (Å²) in [5.41, 5.74) is 0.890. The number of nitrogens with one attached hydrogen (secondary N) is 1. The van der Waals surface area contributed by atoms with Crippen molar-refractivity contribution < 1.29 is 14.3 Å². The molecule has 8 heteroatoms. The molecule has 2 fully saturated rings. The quantitative estimate of drug-likeness (QED) is 0.627. The van der Waals surface area contributed by atoms with Gasteiger partial charge in [-0.05, 0) is 49.9 Å². The number of fused-ring (bicyclic) bond motifs is 1. The lowest BCUT2D eigenvalue weighted by Crippen LogP contribution is -2.37. The zero-order chi connectivity index (χ0) is 19.8. The van der Waals surface area contributed by atoms with Crippen molar-refractivity contribution in [2.24, 2.45) is 5.92 Å². The fourth-order valence-corrected chi connectivity index (χ4v) is 5.27. The number of rotatable bonds is 6. The highest BCUT2D eigenvalue weighted by Gasteiger charge is 2.31. The molecule has 29 heavy (non-hydrogen) atoms. The van der Waals surface area contributed by atoms with E-state index in [2.05, 4.69) is 5.32 Å². The predicted molar refractivity (Wildman–Crippen MR) is 116 cm³/mol. The molecule has 2 aliphatic rings. The van der Waals surface area contributed by atoms with Gasteiger partial charge in [-0.3, -0.25) is 14.5 Å². The number of benzene rings is 1. The van der Waals surface area contributed by atoms with Crippen LogP contribution in [0, 0.1) is 5.92 Å². The molecule has 150 valence electrons. The van der Waals surface area contributed by atoms with Crippen molar-refractivity contribution in [1.82, 2.24) is 4.98 Å². The van der Waals surface area contributed by atoms with E-state index in [1.807, 2.05) is 24.3 Å². The molecule has 1 unspecified atom stereocenters. The first-order chi connectivity index (χ1) is 14.2. The molecule has 1 atom stereocenters. The van der Waals surface area contributed by atoms with Crippen LogP contribution >= 0.6 is 22.7 Å². The third-order valence-electron chi connectivity index (χ3n) is 5.18. The van der Waals surface area contributed by atoms with Crippen molar-refractivity contribution in [1.29, 1.82) is 0 Å². The van der Waals surface area contributed by atoms with Gasteiger partial charge in [-0.15, -0.1) is 11.3 Å². The van der Waals surface area contributed by atoms with E-state index in [0.29, 0.717) is 21.6 Å². The van der Waals surface area contributed by atoms with E-state index in [1.54, 1.807) is 17.0 Å². The highest BCUT2D eigenvalue weighted by molar-refractivity contribution is 7.22. The number of carbonyl (C=O) groups excluding carboxylic acids is 2. The summed E-state index contributed by atoms with van der Waals surface area (Å²) >= 11 is 2.83. The van der Waals surface area contributed by atoms with Crippen LogP contribution in [-0.4, -0.2) is 36.1 Å². The highest BCUT2D eigenvalue weighted by Crippen LogP contribution is 2.34. The van der Waals surface area contributed by atoms with E-state index >= 15 is 0 Å². The second-order valence-corrected chi connectivity index (χ2v) is 9.54. The summed E-state index contributed by atoms with van der Waals surface area (Å²) in [6.07, 6.45) is 3.90. The molecule has 2 aromatic heterocycles. The van der Waals surface area contributed by atoms with Gasteiger partial charge in [-0.25, -0.2) is 4.98 Å². The third-order valence-corrected chi connectivity index (χ3v) is 7.23. The maximum Gasteiger partial charge on any atom is 0.270 e. The molecule has 0 bridgehead atoms. The Morgan fingerprint density at radius 2 is 2.00 bits per heavy atom. The standard InChI is InChI=1S/C21H21N3O3S2/c25-19(13-7-8-13)23-18-10-9-17(28-18)20(26)24(12-14-4-3-11-27-14)21-22-15-5-1-2-6-16(15)29-21/h1-2,5-6,9-10,13-14H,3-4,7-8,11-12H2,(H,23,25). The monoisotopic (exact) mass is 427 g/mol. The number of hydrogen-bond acceptors (Lipinski definition) is 6. The molecule has 1 N–H and O–H groups in total. The lowest BCUT2D eigenvalue weighted by Gasteiger charge is -2.22. The summed E-state index contributed by atoms with van der Waals surface area (Å²) in [5.74, 6) is 0.0831. The molecular weight excluding hydrogens is 406 g/mol. The smallest absolute Gasteiger partial charge is 0.270 e. The van der Waals surface area contributed by atoms with Gasteiger partial charge < -0.3 is 10.1 Å². The Balaban J connectivity index is 1.41. The zero-order valence-corrected chi connectivity index (χ0v) is 17.4. The molecule has 1 aliphatic carbocycles. The van der Waals surface area contributed by atoms with E-state index in [-0.39, 0.29) is 23.8 Å². The molecule has 1 aliphatic heterocycles. The molecule has 0 radical (unpaired) electrons. The van der Waals surface area contributed by atoms with Crippen LogP contribution in [0.2, 0.25) is 0 Å². The normalized spacial score (nSPS) is 18.8. The summed E-state index contributed by atoms with van der Waals surface area (Å²) in [5, 5.41) is 4.32. The minimum Gasteiger partial charge on any atom is -0.376 e. The molecule has 3 heterocycles. The van der Waals surface area contributed by atoms with Crippen molar-refractivity contribution in [3.8, 4) is 0 Å². The molecule has 2 amide bonds. The van der Waals surface area contributed by atoms with Crippen LogP contribution in [0.1, 0.15) is 35.4 Å². The maximum absolute atomic E-state index is 13.4. The number of anilines is 2. The second kappa shape index (κ2) is 7.85. The summed E-state index contributed by atoms with van der Waals surface area (Å²) in [6.45, 7) is 1.23. The summed E-state index contributed by atoms with van der Waals surface area (Å²) in [7, 11) is 0. The van der Waals surface area contributed by atoms with Gasteiger partial charge in [0.2, 0.25) is 5.91 Å². The summed E-state index contributed by atoms with van der Waals surface area (Å²) in [4.78, 5) is 32.4. The molecule has 0 spiro atoms. The van der Waals surface area contributed by atoms with Gasteiger partial charge in [0.1, 0.15) is 0 Å². The van der Waals surface area contributed by atoms with Crippen LogP contribution in [0.25, 0.3) is 10.2 Å². The average molecular weight is 428 g/mol.